The zero-order valence-electron chi connectivity index (χ0n) is 13.5. The van der Waals surface area contributed by atoms with Crippen LogP contribution in [0.2, 0.25) is 0 Å². The third kappa shape index (κ3) is 3.28. The molecule has 1 N–H and O–H groups in total. The number of amides is 1. The number of hydrogen-bond acceptors (Lipinski definition) is 3. The largest absolute Gasteiger partial charge is 0.302 e. The summed E-state index contributed by atoms with van der Waals surface area (Å²) in [4.78, 5) is 16.3. The highest BCUT2D eigenvalue weighted by molar-refractivity contribution is 7.22. The standard InChI is InChI=1S/C18H16F2N2OS/c1-9-4-10(2)13(11(3)5-9)8-16(23)21-18-22-17-14(20)6-12(19)7-15(17)24-18/h4-7H,8H2,1-3H3,(H,21,22,23). The van der Waals surface area contributed by atoms with Crippen LogP contribution in [0.5, 0.6) is 0 Å². The lowest BCUT2D eigenvalue weighted by Gasteiger charge is -2.10. The summed E-state index contributed by atoms with van der Waals surface area (Å²) in [5.41, 5.74) is 4.30. The van der Waals surface area contributed by atoms with Crippen LogP contribution in [0.3, 0.4) is 0 Å². The number of nitrogens with one attached hydrogen (secondary N) is 1. The summed E-state index contributed by atoms with van der Waals surface area (Å²) in [6, 6.07) is 6.06. The molecule has 6 heteroatoms. The van der Waals surface area contributed by atoms with Crippen LogP contribution >= 0.6 is 11.3 Å². The van der Waals surface area contributed by atoms with E-state index in [1.807, 2.05) is 32.9 Å². The summed E-state index contributed by atoms with van der Waals surface area (Å²) in [5, 5.41) is 2.94. The van der Waals surface area contributed by atoms with E-state index >= 15 is 0 Å². The van der Waals surface area contributed by atoms with E-state index < -0.39 is 11.6 Å². The molecule has 0 saturated heterocycles. The highest BCUT2D eigenvalue weighted by Crippen LogP contribution is 2.29. The first kappa shape index (κ1) is 16.5. The van der Waals surface area contributed by atoms with Crippen LogP contribution in [-0.2, 0) is 11.2 Å². The third-order valence-electron chi connectivity index (χ3n) is 3.84. The smallest absolute Gasteiger partial charge is 0.230 e. The minimum Gasteiger partial charge on any atom is -0.302 e. The molecule has 0 atom stereocenters. The van der Waals surface area contributed by atoms with Gasteiger partial charge >= 0.3 is 0 Å². The molecule has 0 aliphatic rings. The minimum atomic E-state index is -0.730. The van der Waals surface area contributed by atoms with Gasteiger partial charge in [0.2, 0.25) is 5.91 Å². The molecule has 3 rings (SSSR count). The lowest BCUT2D eigenvalue weighted by atomic mass is 9.97. The number of carbonyl (C=O) groups is 1. The number of fused-ring (bicyclic) bond motifs is 1. The van der Waals surface area contributed by atoms with Gasteiger partial charge in [0.05, 0.1) is 11.1 Å². The molecule has 1 heterocycles. The number of aryl methyl sites for hydroxylation is 3. The number of carbonyl (C=O) groups excluding carboxylic acids is 1. The van der Waals surface area contributed by atoms with Crippen molar-refractivity contribution in [1.29, 1.82) is 0 Å². The fraction of sp³-hybridized carbons (Fsp3) is 0.222. The normalized spacial score (nSPS) is 11.0. The maximum absolute atomic E-state index is 13.7. The van der Waals surface area contributed by atoms with Crippen LogP contribution < -0.4 is 5.32 Å². The Bertz CT molecular complexity index is 927. The molecule has 0 aliphatic heterocycles. The van der Waals surface area contributed by atoms with E-state index in [9.17, 15) is 13.6 Å². The van der Waals surface area contributed by atoms with E-state index in [2.05, 4.69) is 10.3 Å². The Balaban J connectivity index is 1.82. The summed E-state index contributed by atoms with van der Waals surface area (Å²) < 4.78 is 27.3. The molecule has 0 radical (unpaired) electrons. The van der Waals surface area contributed by atoms with Gasteiger partial charge in [0.15, 0.2) is 10.9 Å². The molecule has 3 nitrogen and oxygen atoms in total. The summed E-state index contributed by atoms with van der Waals surface area (Å²) in [6.45, 7) is 5.95. The molecule has 2 aromatic carbocycles. The first-order chi connectivity index (χ1) is 11.3. The predicted octanol–water partition coefficient (Wildman–Crippen LogP) is 4.68. The van der Waals surface area contributed by atoms with Crippen LogP contribution in [0.25, 0.3) is 10.2 Å². The molecule has 0 spiro atoms. The summed E-state index contributed by atoms with van der Waals surface area (Å²) in [7, 11) is 0. The molecule has 0 bridgehead atoms. The second kappa shape index (κ2) is 6.28. The molecule has 3 aromatic rings. The van der Waals surface area contributed by atoms with Gasteiger partial charge in [0.25, 0.3) is 0 Å². The van der Waals surface area contributed by atoms with Crippen LogP contribution in [0.1, 0.15) is 22.3 Å². The summed E-state index contributed by atoms with van der Waals surface area (Å²) in [6.07, 6.45) is 0.213. The third-order valence-corrected chi connectivity index (χ3v) is 4.76. The zero-order valence-corrected chi connectivity index (χ0v) is 14.4. The molecular formula is C18H16F2N2OS. The molecule has 0 fully saturated rings. The second-order valence-corrected chi connectivity index (χ2v) is 6.89. The second-order valence-electron chi connectivity index (χ2n) is 5.86. The van der Waals surface area contributed by atoms with Gasteiger partial charge in [-0.2, -0.15) is 0 Å². The predicted molar refractivity (Wildman–Crippen MR) is 92.5 cm³/mol. The Labute approximate surface area is 142 Å². The SMILES string of the molecule is Cc1cc(C)c(CC(=O)Nc2nc3c(F)cc(F)cc3s2)c(C)c1. The van der Waals surface area contributed by atoms with E-state index in [1.54, 1.807) is 0 Å². The van der Waals surface area contributed by atoms with Crippen LogP contribution in [0.4, 0.5) is 13.9 Å². The summed E-state index contributed by atoms with van der Waals surface area (Å²) >= 11 is 1.05. The quantitative estimate of drug-likeness (QED) is 0.748. The fourth-order valence-corrected chi connectivity index (χ4v) is 3.74. The number of aromatic nitrogens is 1. The summed E-state index contributed by atoms with van der Waals surface area (Å²) in [5.74, 6) is -1.62. The Kier molecular flexibility index (Phi) is 4.32. The Morgan fingerprint density at radius 1 is 1.12 bits per heavy atom. The van der Waals surface area contributed by atoms with Crippen molar-refractivity contribution in [2.24, 2.45) is 0 Å². The van der Waals surface area contributed by atoms with Gasteiger partial charge in [-0.25, -0.2) is 13.8 Å². The lowest BCUT2D eigenvalue weighted by molar-refractivity contribution is -0.115. The number of nitrogens with zero attached hydrogens (tertiary/aromatic N) is 1. The molecule has 1 amide bonds. The van der Waals surface area contributed by atoms with Crippen LogP contribution in [0, 0.1) is 32.4 Å². The molecule has 1 aromatic heterocycles. The van der Waals surface area contributed by atoms with Crippen molar-refractivity contribution >= 4 is 32.6 Å². The van der Waals surface area contributed by atoms with Gasteiger partial charge in [-0.1, -0.05) is 29.0 Å². The Morgan fingerprint density at radius 3 is 2.46 bits per heavy atom. The fourth-order valence-electron chi connectivity index (χ4n) is 2.82. The van der Waals surface area contributed by atoms with Gasteiger partial charge in [0.1, 0.15) is 11.3 Å². The maximum Gasteiger partial charge on any atom is 0.230 e. The van der Waals surface area contributed by atoms with Gasteiger partial charge in [-0.15, -0.1) is 0 Å². The van der Waals surface area contributed by atoms with Crippen molar-refractivity contribution < 1.29 is 13.6 Å². The van der Waals surface area contributed by atoms with Crippen molar-refractivity contribution in [2.75, 3.05) is 5.32 Å². The van der Waals surface area contributed by atoms with E-state index in [1.165, 1.54) is 6.07 Å². The Morgan fingerprint density at radius 2 is 1.79 bits per heavy atom. The molecule has 0 saturated carbocycles. The highest BCUT2D eigenvalue weighted by Gasteiger charge is 2.14. The van der Waals surface area contributed by atoms with Gasteiger partial charge in [0, 0.05) is 6.07 Å². The van der Waals surface area contributed by atoms with Gasteiger partial charge in [-0.3, -0.25) is 4.79 Å². The highest BCUT2D eigenvalue weighted by atomic mass is 32.1. The average Bonchev–Trinajstić information content (AvgIpc) is 2.85. The Hall–Kier alpha value is -2.34. The monoisotopic (exact) mass is 346 g/mol. The zero-order chi connectivity index (χ0) is 17.4. The molecule has 24 heavy (non-hydrogen) atoms. The number of rotatable bonds is 3. The number of anilines is 1. The van der Waals surface area contributed by atoms with E-state index in [4.69, 9.17) is 0 Å². The number of thiazole rings is 1. The van der Waals surface area contributed by atoms with Crippen LogP contribution in [-0.4, -0.2) is 10.9 Å². The average molecular weight is 346 g/mol. The molecule has 0 aliphatic carbocycles. The van der Waals surface area contributed by atoms with Crippen LogP contribution in [0.15, 0.2) is 24.3 Å². The maximum atomic E-state index is 13.7. The first-order valence-corrected chi connectivity index (χ1v) is 8.27. The number of benzene rings is 2. The van der Waals surface area contributed by atoms with Crippen molar-refractivity contribution in [3.8, 4) is 0 Å². The van der Waals surface area contributed by atoms with E-state index in [0.717, 1.165) is 39.7 Å². The van der Waals surface area contributed by atoms with Crippen molar-refractivity contribution in [1.82, 2.24) is 4.98 Å². The first-order valence-electron chi connectivity index (χ1n) is 7.45. The van der Waals surface area contributed by atoms with Gasteiger partial charge < -0.3 is 5.32 Å². The van der Waals surface area contributed by atoms with Gasteiger partial charge in [-0.05, 0) is 43.5 Å². The van der Waals surface area contributed by atoms with E-state index in [-0.39, 0.29) is 23.0 Å². The van der Waals surface area contributed by atoms with Crippen molar-refractivity contribution in [3.63, 3.8) is 0 Å². The molecule has 0 unspecified atom stereocenters. The minimum absolute atomic E-state index is 0.0689. The van der Waals surface area contributed by atoms with E-state index in [0.29, 0.717) is 4.70 Å². The van der Waals surface area contributed by atoms with Crippen molar-refractivity contribution in [3.05, 3.63) is 58.2 Å². The topological polar surface area (TPSA) is 42.0 Å². The van der Waals surface area contributed by atoms with Crippen molar-refractivity contribution in [2.45, 2.75) is 27.2 Å². The molecule has 124 valence electrons. The number of halogens is 2. The molecular weight excluding hydrogens is 330 g/mol. The lowest BCUT2D eigenvalue weighted by Crippen LogP contribution is -2.15. The number of hydrogen-bond donors (Lipinski definition) is 1.